The minimum absolute atomic E-state index is 0.0247. The molecule has 7 heteroatoms. The fourth-order valence-corrected chi connectivity index (χ4v) is 2.30. The average molecular weight is 308 g/mol. The lowest BCUT2D eigenvalue weighted by Crippen LogP contribution is -2.17. The molecule has 0 aliphatic rings. The van der Waals surface area contributed by atoms with Gasteiger partial charge >= 0.3 is 0 Å². The van der Waals surface area contributed by atoms with Crippen molar-refractivity contribution in [1.29, 1.82) is 0 Å². The summed E-state index contributed by atoms with van der Waals surface area (Å²) in [6.45, 7) is 0. The summed E-state index contributed by atoms with van der Waals surface area (Å²) in [5.41, 5.74) is 0.261. The molecule has 2 aromatic rings. The van der Waals surface area contributed by atoms with E-state index in [-0.39, 0.29) is 16.9 Å². The van der Waals surface area contributed by atoms with E-state index in [9.17, 15) is 17.6 Å². The SMILES string of the molecule is CS(=O)(=O)Nc1ccccc1C(=O)Nc1ccccc1F. The highest BCUT2D eigenvalue weighted by Gasteiger charge is 2.14. The molecule has 5 nitrogen and oxygen atoms in total. The summed E-state index contributed by atoms with van der Waals surface area (Å²) in [5.74, 6) is -1.17. The Kier molecular flexibility index (Phi) is 4.23. The maximum absolute atomic E-state index is 13.5. The number of carbonyl (C=O) groups is 1. The van der Waals surface area contributed by atoms with Gasteiger partial charge in [0.05, 0.1) is 23.2 Å². The Morgan fingerprint density at radius 2 is 1.57 bits per heavy atom. The topological polar surface area (TPSA) is 75.3 Å². The summed E-state index contributed by atoms with van der Waals surface area (Å²) in [4.78, 5) is 12.2. The summed E-state index contributed by atoms with van der Waals surface area (Å²) in [5, 5.41) is 2.40. The molecule has 0 fully saturated rings. The summed E-state index contributed by atoms with van der Waals surface area (Å²) < 4.78 is 38.3. The number of nitrogens with one attached hydrogen (secondary N) is 2. The molecule has 0 heterocycles. The van der Waals surface area contributed by atoms with Crippen molar-refractivity contribution in [2.45, 2.75) is 0 Å². The number of amides is 1. The predicted molar refractivity (Wildman–Crippen MR) is 79.3 cm³/mol. The zero-order valence-electron chi connectivity index (χ0n) is 11.1. The molecule has 1 amide bonds. The smallest absolute Gasteiger partial charge is 0.257 e. The highest BCUT2D eigenvalue weighted by atomic mass is 32.2. The van der Waals surface area contributed by atoms with E-state index in [1.54, 1.807) is 18.2 Å². The van der Waals surface area contributed by atoms with Crippen molar-refractivity contribution in [3.05, 3.63) is 59.9 Å². The van der Waals surface area contributed by atoms with E-state index in [4.69, 9.17) is 0 Å². The maximum atomic E-state index is 13.5. The predicted octanol–water partition coefficient (Wildman–Crippen LogP) is 2.45. The second-order valence-electron chi connectivity index (χ2n) is 4.35. The molecule has 0 unspecified atom stereocenters. The Balaban J connectivity index is 2.30. The molecule has 0 bridgehead atoms. The Bertz CT molecular complexity index is 775. The van der Waals surface area contributed by atoms with Gasteiger partial charge < -0.3 is 5.32 Å². The standard InChI is InChI=1S/C14H13FN2O3S/c1-21(19,20)17-12-8-4-2-6-10(12)14(18)16-13-9-5-3-7-11(13)15/h2-9,17H,1H3,(H,16,18). The van der Waals surface area contributed by atoms with Gasteiger partial charge in [-0.2, -0.15) is 0 Å². The van der Waals surface area contributed by atoms with E-state index >= 15 is 0 Å². The first kappa shape index (κ1) is 15.0. The van der Waals surface area contributed by atoms with Gasteiger partial charge in [-0.1, -0.05) is 24.3 Å². The van der Waals surface area contributed by atoms with Gasteiger partial charge in [0.1, 0.15) is 5.82 Å². The third-order valence-corrected chi connectivity index (χ3v) is 3.18. The number of halogens is 1. The molecule has 0 aliphatic carbocycles. The molecule has 2 N–H and O–H groups in total. The number of para-hydroxylation sites is 2. The molecular weight excluding hydrogens is 295 g/mol. The molecule has 0 atom stereocenters. The lowest BCUT2D eigenvalue weighted by Gasteiger charge is -2.11. The van der Waals surface area contributed by atoms with Crippen LogP contribution < -0.4 is 10.0 Å². The van der Waals surface area contributed by atoms with Gasteiger partial charge in [-0.25, -0.2) is 12.8 Å². The lowest BCUT2D eigenvalue weighted by atomic mass is 10.1. The van der Waals surface area contributed by atoms with E-state index in [1.165, 1.54) is 30.3 Å². The lowest BCUT2D eigenvalue weighted by molar-refractivity contribution is 0.102. The largest absolute Gasteiger partial charge is 0.319 e. The van der Waals surface area contributed by atoms with Crippen LogP contribution in [0.2, 0.25) is 0 Å². The Morgan fingerprint density at radius 3 is 2.19 bits per heavy atom. The summed E-state index contributed by atoms with van der Waals surface area (Å²) >= 11 is 0. The fraction of sp³-hybridized carbons (Fsp3) is 0.0714. The van der Waals surface area contributed by atoms with Crippen LogP contribution in [-0.2, 0) is 10.0 Å². The van der Waals surface area contributed by atoms with Crippen LogP contribution in [0.15, 0.2) is 48.5 Å². The minimum atomic E-state index is -3.52. The van der Waals surface area contributed by atoms with Crippen LogP contribution in [0.25, 0.3) is 0 Å². The maximum Gasteiger partial charge on any atom is 0.257 e. The second kappa shape index (κ2) is 5.92. The number of rotatable bonds is 4. The summed E-state index contributed by atoms with van der Waals surface area (Å²) in [6.07, 6.45) is 0.985. The quantitative estimate of drug-likeness (QED) is 0.911. The Morgan fingerprint density at radius 1 is 1.00 bits per heavy atom. The number of benzene rings is 2. The van der Waals surface area contributed by atoms with Crippen LogP contribution in [0.4, 0.5) is 15.8 Å². The Labute approximate surface area is 121 Å². The van der Waals surface area contributed by atoms with E-state index in [1.807, 2.05) is 0 Å². The van der Waals surface area contributed by atoms with Crippen molar-refractivity contribution in [1.82, 2.24) is 0 Å². The van der Waals surface area contributed by atoms with Gasteiger partial charge in [0.25, 0.3) is 5.91 Å². The molecule has 0 aromatic heterocycles. The third-order valence-electron chi connectivity index (χ3n) is 2.59. The molecule has 2 aromatic carbocycles. The number of hydrogen-bond donors (Lipinski definition) is 2. The molecule has 110 valence electrons. The first-order valence-corrected chi connectivity index (χ1v) is 7.88. The summed E-state index contributed by atoms with van der Waals surface area (Å²) in [7, 11) is -3.52. The van der Waals surface area contributed by atoms with Crippen LogP contribution in [-0.4, -0.2) is 20.6 Å². The van der Waals surface area contributed by atoms with E-state index in [2.05, 4.69) is 10.0 Å². The number of carbonyl (C=O) groups excluding carboxylic acids is 1. The van der Waals surface area contributed by atoms with Gasteiger partial charge in [-0.15, -0.1) is 0 Å². The Hall–Kier alpha value is -2.41. The molecule has 0 radical (unpaired) electrons. The fourth-order valence-electron chi connectivity index (χ4n) is 1.72. The minimum Gasteiger partial charge on any atom is -0.319 e. The van der Waals surface area contributed by atoms with Crippen LogP contribution in [0.1, 0.15) is 10.4 Å². The van der Waals surface area contributed by atoms with Crippen molar-refractivity contribution in [3.63, 3.8) is 0 Å². The molecule has 21 heavy (non-hydrogen) atoms. The van der Waals surface area contributed by atoms with E-state index < -0.39 is 21.7 Å². The van der Waals surface area contributed by atoms with Gasteiger partial charge in [-0.3, -0.25) is 9.52 Å². The number of anilines is 2. The van der Waals surface area contributed by atoms with Crippen LogP contribution in [0, 0.1) is 5.82 Å². The van der Waals surface area contributed by atoms with E-state index in [0.717, 1.165) is 6.26 Å². The van der Waals surface area contributed by atoms with Gasteiger partial charge in [0.15, 0.2) is 0 Å². The third kappa shape index (κ3) is 4.03. The van der Waals surface area contributed by atoms with Crippen LogP contribution in [0.5, 0.6) is 0 Å². The van der Waals surface area contributed by atoms with Crippen LogP contribution in [0.3, 0.4) is 0 Å². The van der Waals surface area contributed by atoms with Crippen LogP contribution >= 0.6 is 0 Å². The zero-order valence-corrected chi connectivity index (χ0v) is 11.9. The highest BCUT2D eigenvalue weighted by molar-refractivity contribution is 7.92. The van der Waals surface area contributed by atoms with Crippen molar-refractivity contribution >= 4 is 27.3 Å². The molecule has 0 saturated carbocycles. The van der Waals surface area contributed by atoms with Crippen molar-refractivity contribution in [2.75, 3.05) is 16.3 Å². The molecule has 0 saturated heterocycles. The molecule has 0 spiro atoms. The molecular formula is C14H13FN2O3S. The van der Waals surface area contributed by atoms with Crippen molar-refractivity contribution in [2.24, 2.45) is 0 Å². The highest BCUT2D eigenvalue weighted by Crippen LogP contribution is 2.19. The molecule has 2 rings (SSSR count). The number of hydrogen-bond acceptors (Lipinski definition) is 3. The van der Waals surface area contributed by atoms with Gasteiger partial charge in [0, 0.05) is 0 Å². The van der Waals surface area contributed by atoms with Gasteiger partial charge in [0.2, 0.25) is 10.0 Å². The monoisotopic (exact) mass is 308 g/mol. The normalized spacial score (nSPS) is 11.0. The van der Waals surface area contributed by atoms with Crippen molar-refractivity contribution in [3.8, 4) is 0 Å². The first-order chi connectivity index (χ1) is 9.87. The second-order valence-corrected chi connectivity index (χ2v) is 6.10. The number of sulfonamides is 1. The van der Waals surface area contributed by atoms with E-state index in [0.29, 0.717) is 0 Å². The van der Waals surface area contributed by atoms with Crippen molar-refractivity contribution < 1.29 is 17.6 Å². The first-order valence-electron chi connectivity index (χ1n) is 5.99. The molecule has 0 aliphatic heterocycles. The average Bonchev–Trinajstić information content (AvgIpc) is 2.40. The van der Waals surface area contributed by atoms with Gasteiger partial charge in [-0.05, 0) is 24.3 Å². The zero-order chi connectivity index (χ0) is 15.5. The summed E-state index contributed by atoms with van der Waals surface area (Å²) in [6, 6.07) is 11.8.